The second-order valence-corrected chi connectivity index (χ2v) is 3.79. The Morgan fingerprint density at radius 1 is 1.13 bits per heavy atom. The first-order valence-corrected chi connectivity index (χ1v) is 5.67. The van der Waals surface area contributed by atoms with Crippen molar-refractivity contribution in [2.75, 3.05) is 13.2 Å². The summed E-state index contributed by atoms with van der Waals surface area (Å²) in [6, 6.07) is 8.76. The van der Waals surface area contributed by atoms with Crippen LogP contribution in [0.3, 0.4) is 0 Å². The summed E-state index contributed by atoms with van der Waals surface area (Å²) in [5.74, 6) is 0. The monoisotopic (exact) mass is 207 g/mol. The van der Waals surface area contributed by atoms with E-state index in [4.69, 9.17) is 10.5 Å². The van der Waals surface area contributed by atoms with E-state index in [1.54, 1.807) is 0 Å². The smallest absolute Gasteiger partial charge is 0.0620 e. The van der Waals surface area contributed by atoms with Gasteiger partial charge in [-0.05, 0) is 30.9 Å². The van der Waals surface area contributed by atoms with E-state index in [0.29, 0.717) is 6.61 Å². The van der Waals surface area contributed by atoms with Gasteiger partial charge in [0, 0.05) is 12.6 Å². The van der Waals surface area contributed by atoms with E-state index in [1.165, 1.54) is 11.1 Å². The minimum atomic E-state index is 0.109. The predicted molar refractivity (Wildman–Crippen MR) is 64.0 cm³/mol. The largest absolute Gasteiger partial charge is 0.380 e. The fourth-order valence-corrected chi connectivity index (χ4v) is 1.54. The Kier molecular flexibility index (Phi) is 5.37. The highest BCUT2D eigenvalue weighted by molar-refractivity contribution is 5.23. The maximum Gasteiger partial charge on any atom is 0.0620 e. The molecule has 0 fully saturated rings. The van der Waals surface area contributed by atoms with Crippen LogP contribution in [0.25, 0.3) is 0 Å². The lowest BCUT2D eigenvalue weighted by molar-refractivity contribution is 0.133. The van der Waals surface area contributed by atoms with Gasteiger partial charge in [-0.25, -0.2) is 0 Å². The summed E-state index contributed by atoms with van der Waals surface area (Å²) in [6.45, 7) is 5.53. The zero-order chi connectivity index (χ0) is 11.1. The van der Waals surface area contributed by atoms with Crippen molar-refractivity contribution < 1.29 is 4.74 Å². The third-order valence-electron chi connectivity index (χ3n) is 2.47. The van der Waals surface area contributed by atoms with Gasteiger partial charge in [-0.15, -0.1) is 0 Å². The summed E-state index contributed by atoms with van der Waals surface area (Å²) in [4.78, 5) is 0. The molecule has 1 aromatic carbocycles. The fraction of sp³-hybridized carbons (Fsp3) is 0.538. The van der Waals surface area contributed by atoms with Gasteiger partial charge in [0.15, 0.2) is 0 Å². The number of benzene rings is 1. The van der Waals surface area contributed by atoms with Crippen LogP contribution in [0.15, 0.2) is 24.3 Å². The van der Waals surface area contributed by atoms with Gasteiger partial charge >= 0.3 is 0 Å². The summed E-state index contributed by atoms with van der Waals surface area (Å²) in [5, 5.41) is 0. The van der Waals surface area contributed by atoms with E-state index in [2.05, 4.69) is 31.2 Å². The molecule has 15 heavy (non-hydrogen) atoms. The minimum absolute atomic E-state index is 0.109. The fourth-order valence-electron chi connectivity index (χ4n) is 1.54. The molecule has 0 heterocycles. The molecule has 0 saturated heterocycles. The van der Waals surface area contributed by atoms with E-state index >= 15 is 0 Å². The molecule has 2 nitrogen and oxygen atoms in total. The average Bonchev–Trinajstić information content (AvgIpc) is 2.27. The summed E-state index contributed by atoms with van der Waals surface area (Å²) < 4.78 is 5.29. The van der Waals surface area contributed by atoms with Crippen LogP contribution in [-0.4, -0.2) is 19.3 Å². The van der Waals surface area contributed by atoms with E-state index < -0.39 is 0 Å². The first-order valence-electron chi connectivity index (χ1n) is 5.67. The van der Waals surface area contributed by atoms with E-state index in [0.717, 1.165) is 19.4 Å². The second kappa shape index (κ2) is 6.59. The molecule has 0 aromatic heterocycles. The highest BCUT2D eigenvalue weighted by Crippen LogP contribution is 2.07. The molecule has 2 N–H and O–H groups in total. The molecule has 0 bridgehead atoms. The van der Waals surface area contributed by atoms with Gasteiger partial charge in [0.1, 0.15) is 0 Å². The number of hydrogen-bond acceptors (Lipinski definition) is 2. The average molecular weight is 207 g/mol. The molecule has 1 rings (SSSR count). The zero-order valence-electron chi connectivity index (χ0n) is 9.70. The Morgan fingerprint density at radius 2 is 1.73 bits per heavy atom. The highest BCUT2D eigenvalue weighted by Gasteiger charge is 2.03. The van der Waals surface area contributed by atoms with E-state index in [-0.39, 0.29) is 6.04 Å². The molecule has 0 radical (unpaired) electrons. The Hall–Kier alpha value is -0.860. The van der Waals surface area contributed by atoms with Crippen molar-refractivity contribution in [1.82, 2.24) is 0 Å². The molecule has 0 aliphatic rings. The van der Waals surface area contributed by atoms with Gasteiger partial charge < -0.3 is 10.5 Å². The Labute approximate surface area is 92.4 Å². The lowest BCUT2D eigenvalue weighted by Crippen LogP contribution is -2.28. The van der Waals surface area contributed by atoms with Crippen LogP contribution in [0.1, 0.15) is 25.0 Å². The number of rotatable bonds is 6. The quantitative estimate of drug-likeness (QED) is 0.775. The maximum atomic E-state index is 5.94. The topological polar surface area (TPSA) is 35.2 Å². The summed E-state index contributed by atoms with van der Waals surface area (Å²) >= 11 is 0. The van der Waals surface area contributed by atoms with E-state index in [1.807, 2.05) is 6.92 Å². The Balaban J connectivity index is 2.42. The Bertz CT molecular complexity index is 268. The zero-order valence-corrected chi connectivity index (χ0v) is 9.70. The maximum absolute atomic E-state index is 5.94. The molecule has 0 saturated carbocycles. The molecule has 2 heteroatoms. The SMILES string of the molecule is CCOCC(N)Cc1ccc(CC)cc1. The number of ether oxygens (including phenoxy) is 1. The van der Waals surface area contributed by atoms with Gasteiger partial charge in [-0.1, -0.05) is 31.2 Å². The molecule has 0 aliphatic carbocycles. The van der Waals surface area contributed by atoms with Crippen LogP contribution >= 0.6 is 0 Å². The molecule has 0 aliphatic heterocycles. The van der Waals surface area contributed by atoms with Gasteiger partial charge in [0.2, 0.25) is 0 Å². The van der Waals surface area contributed by atoms with Crippen molar-refractivity contribution in [2.45, 2.75) is 32.7 Å². The lowest BCUT2D eigenvalue weighted by atomic mass is 10.0. The molecule has 0 spiro atoms. The van der Waals surface area contributed by atoms with Crippen molar-refractivity contribution in [1.29, 1.82) is 0 Å². The van der Waals surface area contributed by atoms with Crippen molar-refractivity contribution in [2.24, 2.45) is 5.73 Å². The first-order chi connectivity index (χ1) is 7.26. The van der Waals surface area contributed by atoms with Gasteiger partial charge in [-0.2, -0.15) is 0 Å². The van der Waals surface area contributed by atoms with Crippen LogP contribution < -0.4 is 5.73 Å². The normalized spacial score (nSPS) is 12.7. The summed E-state index contributed by atoms with van der Waals surface area (Å²) in [7, 11) is 0. The number of nitrogens with two attached hydrogens (primary N) is 1. The van der Waals surface area contributed by atoms with Crippen LogP contribution in [0.4, 0.5) is 0 Å². The summed E-state index contributed by atoms with van der Waals surface area (Å²) in [6.07, 6.45) is 1.98. The predicted octanol–water partition coefficient (Wildman–Crippen LogP) is 2.16. The van der Waals surface area contributed by atoms with E-state index in [9.17, 15) is 0 Å². The number of aryl methyl sites for hydroxylation is 1. The molecule has 0 amide bonds. The molecule has 1 unspecified atom stereocenters. The third-order valence-corrected chi connectivity index (χ3v) is 2.47. The molecule has 1 atom stereocenters. The van der Waals surface area contributed by atoms with Crippen molar-refractivity contribution in [3.05, 3.63) is 35.4 Å². The van der Waals surface area contributed by atoms with Crippen molar-refractivity contribution in [3.63, 3.8) is 0 Å². The highest BCUT2D eigenvalue weighted by atomic mass is 16.5. The van der Waals surface area contributed by atoms with Crippen LogP contribution in [0.5, 0.6) is 0 Å². The molecule has 1 aromatic rings. The first kappa shape index (κ1) is 12.2. The third kappa shape index (κ3) is 4.45. The van der Waals surface area contributed by atoms with Gasteiger partial charge in [-0.3, -0.25) is 0 Å². The molecular formula is C13H21NO. The lowest BCUT2D eigenvalue weighted by Gasteiger charge is -2.11. The Morgan fingerprint density at radius 3 is 2.27 bits per heavy atom. The minimum Gasteiger partial charge on any atom is -0.380 e. The second-order valence-electron chi connectivity index (χ2n) is 3.79. The van der Waals surface area contributed by atoms with Crippen LogP contribution in [0.2, 0.25) is 0 Å². The standard InChI is InChI=1S/C13H21NO/c1-3-11-5-7-12(8-6-11)9-13(14)10-15-4-2/h5-8,13H,3-4,9-10,14H2,1-2H3. The van der Waals surface area contributed by atoms with Crippen LogP contribution in [0, 0.1) is 0 Å². The van der Waals surface area contributed by atoms with Crippen molar-refractivity contribution in [3.8, 4) is 0 Å². The van der Waals surface area contributed by atoms with Gasteiger partial charge in [0.25, 0.3) is 0 Å². The number of hydrogen-bond donors (Lipinski definition) is 1. The van der Waals surface area contributed by atoms with Crippen molar-refractivity contribution >= 4 is 0 Å². The van der Waals surface area contributed by atoms with Crippen LogP contribution in [-0.2, 0) is 17.6 Å². The summed E-state index contributed by atoms with van der Waals surface area (Å²) in [5.41, 5.74) is 8.60. The molecule has 84 valence electrons. The molecular weight excluding hydrogens is 186 g/mol. The van der Waals surface area contributed by atoms with Gasteiger partial charge in [0.05, 0.1) is 6.61 Å².